The number of benzene rings is 2. The van der Waals surface area contributed by atoms with Crippen LogP contribution in [-0.2, 0) is 6.54 Å². The second-order valence-electron chi connectivity index (χ2n) is 6.04. The summed E-state index contributed by atoms with van der Waals surface area (Å²) >= 11 is 6.05. The Morgan fingerprint density at radius 3 is 2.72 bits per heavy atom. The molecule has 0 radical (unpaired) electrons. The van der Waals surface area contributed by atoms with Crippen LogP contribution in [0.25, 0.3) is 0 Å². The SMILES string of the molecule is COc1ccc(CN=C(N)NC2CC2c2cccc(Cl)c2)cc1OC. The van der Waals surface area contributed by atoms with Crippen LogP contribution in [-0.4, -0.2) is 26.2 Å². The van der Waals surface area contributed by atoms with Crippen LogP contribution in [0.5, 0.6) is 11.5 Å². The first-order chi connectivity index (χ1) is 12.1. The maximum atomic E-state index is 6.05. The molecular formula is C19H22ClN3O2. The van der Waals surface area contributed by atoms with Gasteiger partial charge in [0.1, 0.15) is 0 Å². The molecule has 0 amide bonds. The highest BCUT2D eigenvalue weighted by atomic mass is 35.5. The molecule has 2 unspecified atom stereocenters. The van der Waals surface area contributed by atoms with Crippen molar-refractivity contribution in [3.63, 3.8) is 0 Å². The van der Waals surface area contributed by atoms with E-state index in [1.165, 1.54) is 5.56 Å². The smallest absolute Gasteiger partial charge is 0.189 e. The number of nitrogens with zero attached hydrogens (tertiary/aromatic N) is 1. The molecule has 2 aromatic rings. The van der Waals surface area contributed by atoms with Crippen molar-refractivity contribution >= 4 is 17.6 Å². The van der Waals surface area contributed by atoms with E-state index in [1.54, 1.807) is 14.2 Å². The number of guanidine groups is 1. The largest absolute Gasteiger partial charge is 0.493 e. The molecule has 5 nitrogen and oxygen atoms in total. The summed E-state index contributed by atoms with van der Waals surface area (Å²) in [6.45, 7) is 0.480. The van der Waals surface area contributed by atoms with E-state index in [0.717, 1.165) is 17.0 Å². The van der Waals surface area contributed by atoms with E-state index in [-0.39, 0.29) is 0 Å². The van der Waals surface area contributed by atoms with Crippen molar-refractivity contribution in [2.45, 2.75) is 24.9 Å². The van der Waals surface area contributed by atoms with Gasteiger partial charge in [0.2, 0.25) is 0 Å². The second-order valence-corrected chi connectivity index (χ2v) is 6.48. The van der Waals surface area contributed by atoms with Crippen molar-refractivity contribution < 1.29 is 9.47 Å². The van der Waals surface area contributed by atoms with E-state index >= 15 is 0 Å². The Morgan fingerprint density at radius 2 is 2.00 bits per heavy atom. The minimum Gasteiger partial charge on any atom is -0.493 e. The fraction of sp³-hybridized carbons (Fsp3) is 0.316. The Kier molecular flexibility index (Phi) is 5.34. The fourth-order valence-corrected chi connectivity index (χ4v) is 3.05. The van der Waals surface area contributed by atoms with Gasteiger partial charge in [-0.1, -0.05) is 29.8 Å². The first-order valence-electron chi connectivity index (χ1n) is 8.13. The molecule has 2 aromatic carbocycles. The van der Waals surface area contributed by atoms with Gasteiger partial charge < -0.3 is 20.5 Å². The zero-order valence-electron chi connectivity index (χ0n) is 14.3. The molecule has 3 rings (SSSR count). The van der Waals surface area contributed by atoms with E-state index in [0.29, 0.717) is 36.0 Å². The summed E-state index contributed by atoms with van der Waals surface area (Å²) in [4.78, 5) is 4.41. The number of nitrogens with two attached hydrogens (primary N) is 1. The van der Waals surface area contributed by atoms with Crippen molar-refractivity contribution in [1.29, 1.82) is 0 Å². The quantitative estimate of drug-likeness (QED) is 0.613. The number of hydrogen-bond donors (Lipinski definition) is 2. The van der Waals surface area contributed by atoms with Crippen LogP contribution in [0.3, 0.4) is 0 Å². The number of aliphatic imine (C=N–C) groups is 1. The standard InChI is InChI=1S/C19H22ClN3O2/c1-24-17-7-6-12(8-18(17)25-2)11-22-19(21)23-16-10-15(16)13-4-3-5-14(20)9-13/h3-9,15-16H,10-11H2,1-2H3,(H3,21,22,23). The lowest BCUT2D eigenvalue weighted by Crippen LogP contribution is -2.34. The summed E-state index contributed by atoms with van der Waals surface area (Å²) in [5.41, 5.74) is 8.25. The van der Waals surface area contributed by atoms with Crippen LogP contribution in [0.4, 0.5) is 0 Å². The molecule has 3 N–H and O–H groups in total. The van der Waals surface area contributed by atoms with Crippen LogP contribution < -0.4 is 20.5 Å². The van der Waals surface area contributed by atoms with Gasteiger partial charge in [-0.05, 0) is 41.8 Å². The lowest BCUT2D eigenvalue weighted by atomic mass is 10.1. The maximum absolute atomic E-state index is 6.05. The molecule has 0 saturated heterocycles. The molecule has 0 spiro atoms. The summed E-state index contributed by atoms with van der Waals surface area (Å²) in [6, 6.07) is 14.0. The predicted molar refractivity (Wildman–Crippen MR) is 101 cm³/mol. The monoisotopic (exact) mass is 359 g/mol. The summed E-state index contributed by atoms with van der Waals surface area (Å²) in [5, 5.41) is 4.03. The molecule has 1 aliphatic carbocycles. The first kappa shape index (κ1) is 17.4. The molecule has 0 aromatic heterocycles. The third-order valence-corrected chi connectivity index (χ3v) is 4.52. The number of rotatable bonds is 6. The molecule has 0 aliphatic heterocycles. The molecule has 25 heavy (non-hydrogen) atoms. The van der Waals surface area contributed by atoms with E-state index in [1.807, 2.05) is 36.4 Å². The summed E-state index contributed by atoms with van der Waals surface area (Å²) in [6.07, 6.45) is 1.03. The first-order valence-corrected chi connectivity index (χ1v) is 8.51. The Bertz CT molecular complexity index is 779. The average Bonchev–Trinajstić information content (AvgIpc) is 3.38. The third kappa shape index (κ3) is 4.37. The van der Waals surface area contributed by atoms with Crippen molar-refractivity contribution in [3.8, 4) is 11.5 Å². The Hall–Kier alpha value is -2.40. The molecule has 0 bridgehead atoms. The van der Waals surface area contributed by atoms with E-state index in [4.69, 9.17) is 26.8 Å². The van der Waals surface area contributed by atoms with Crippen LogP contribution >= 0.6 is 11.6 Å². The normalized spacial score (nSPS) is 19.4. The van der Waals surface area contributed by atoms with Crippen LogP contribution in [0, 0.1) is 0 Å². The zero-order valence-corrected chi connectivity index (χ0v) is 15.1. The van der Waals surface area contributed by atoms with Gasteiger partial charge in [0.25, 0.3) is 0 Å². The highest BCUT2D eigenvalue weighted by Crippen LogP contribution is 2.41. The zero-order chi connectivity index (χ0) is 17.8. The fourth-order valence-electron chi connectivity index (χ4n) is 2.85. The van der Waals surface area contributed by atoms with E-state index in [9.17, 15) is 0 Å². The third-order valence-electron chi connectivity index (χ3n) is 4.28. The molecule has 0 heterocycles. The van der Waals surface area contributed by atoms with Crippen molar-refractivity contribution in [3.05, 3.63) is 58.6 Å². The number of hydrogen-bond acceptors (Lipinski definition) is 3. The van der Waals surface area contributed by atoms with Crippen molar-refractivity contribution in [2.75, 3.05) is 14.2 Å². The predicted octanol–water partition coefficient (Wildman–Crippen LogP) is 3.32. The van der Waals surface area contributed by atoms with Gasteiger partial charge >= 0.3 is 0 Å². The van der Waals surface area contributed by atoms with Gasteiger partial charge in [-0.15, -0.1) is 0 Å². The summed E-state index contributed by atoms with van der Waals surface area (Å²) in [5.74, 6) is 2.27. The maximum Gasteiger partial charge on any atom is 0.189 e. The number of ether oxygens (including phenoxy) is 2. The number of halogens is 1. The van der Waals surface area contributed by atoms with Gasteiger partial charge in [0.05, 0.1) is 20.8 Å². The number of methoxy groups -OCH3 is 2. The van der Waals surface area contributed by atoms with Crippen LogP contribution in [0.1, 0.15) is 23.5 Å². The number of nitrogens with one attached hydrogen (secondary N) is 1. The summed E-state index contributed by atoms with van der Waals surface area (Å²) in [7, 11) is 3.23. The minimum absolute atomic E-state index is 0.313. The molecule has 1 fully saturated rings. The minimum atomic E-state index is 0.313. The topological polar surface area (TPSA) is 68.9 Å². The van der Waals surface area contributed by atoms with E-state index in [2.05, 4.69) is 16.4 Å². The molecule has 132 valence electrons. The van der Waals surface area contributed by atoms with E-state index < -0.39 is 0 Å². The van der Waals surface area contributed by atoms with Crippen molar-refractivity contribution in [2.24, 2.45) is 10.7 Å². The van der Waals surface area contributed by atoms with Gasteiger partial charge in [-0.25, -0.2) is 4.99 Å². The molecule has 1 aliphatic rings. The molecule has 1 saturated carbocycles. The van der Waals surface area contributed by atoms with Crippen molar-refractivity contribution in [1.82, 2.24) is 5.32 Å². The Balaban J connectivity index is 1.56. The molecular weight excluding hydrogens is 338 g/mol. The Labute approximate surface area is 152 Å². The average molecular weight is 360 g/mol. The highest BCUT2D eigenvalue weighted by molar-refractivity contribution is 6.30. The van der Waals surface area contributed by atoms with Gasteiger partial charge in [-0.3, -0.25) is 0 Å². The van der Waals surface area contributed by atoms with Gasteiger partial charge in [0, 0.05) is 17.0 Å². The lowest BCUT2D eigenvalue weighted by molar-refractivity contribution is 0.354. The molecule has 2 atom stereocenters. The highest BCUT2D eigenvalue weighted by Gasteiger charge is 2.38. The van der Waals surface area contributed by atoms with Crippen LogP contribution in [0.15, 0.2) is 47.5 Å². The molecule has 6 heteroatoms. The Morgan fingerprint density at radius 1 is 1.20 bits per heavy atom. The van der Waals surface area contributed by atoms with Crippen LogP contribution in [0.2, 0.25) is 5.02 Å². The van der Waals surface area contributed by atoms with Gasteiger partial charge in [0.15, 0.2) is 17.5 Å². The van der Waals surface area contributed by atoms with Gasteiger partial charge in [-0.2, -0.15) is 0 Å². The lowest BCUT2D eigenvalue weighted by Gasteiger charge is -2.09. The second kappa shape index (κ2) is 7.66. The summed E-state index contributed by atoms with van der Waals surface area (Å²) < 4.78 is 10.5.